The van der Waals surface area contributed by atoms with Gasteiger partial charge in [0.1, 0.15) is 5.75 Å². The zero-order chi connectivity index (χ0) is 18.9. The van der Waals surface area contributed by atoms with E-state index < -0.39 is 18.6 Å². The topological polar surface area (TPSA) is 76.7 Å². The Morgan fingerprint density at radius 1 is 1.12 bits per heavy atom. The van der Waals surface area contributed by atoms with Gasteiger partial charge in [0.25, 0.3) is 0 Å². The summed E-state index contributed by atoms with van der Waals surface area (Å²) in [7, 11) is 0. The number of rotatable bonds is 7. The summed E-state index contributed by atoms with van der Waals surface area (Å²) in [6.45, 7) is -0.717. The summed E-state index contributed by atoms with van der Waals surface area (Å²) < 4.78 is 33.3. The number of amides is 2. The highest BCUT2D eigenvalue weighted by Crippen LogP contribution is 2.15. The van der Waals surface area contributed by atoms with Gasteiger partial charge in [-0.3, -0.25) is 0 Å². The summed E-state index contributed by atoms with van der Waals surface area (Å²) in [6.07, 6.45) is 0. The Morgan fingerprint density at radius 3 is 2.50 bits per heavy atom. The number of carbonyl (C=O) groups excluding carboxylic acids is 2. The van der Waals surface area contributed by atoms with Crippen molar-refractivity contribution in [1.29, 1.82) is 0 Å². The summed E-state index contributed by atoms with van der Waals surface area (Å²) in [6, 6.07) is 11.8. The molecule has 2 rings (SSSR count). The molecular formula is C18H18F2N2O4. The van der Waals surface area contributed by atoms with Gasteiger partial charge in [-0.05, 0) is 42.8 Å². The molecule has 2 N–H and O–H groups in total. The van der Waals surface area contributed by atoms with Crippen LogP contribution in [0.1, 0.15) is 22.8 Å². The molecule has 8 heteroatoms. The Kier molecular flexibility index (Phi) is 6.90. The molecule has 0 heterocycles. The van der Waals surface area contributed by atoms with Gasteiger partial charge in [0.2, 0.25) is 0 Å². The van der Waals surface area contributed by atoms with Crippen molar-refractivity contribution < 1.29 is 27.8 Å². The molecule has 0 unspecified atom stereocenters. The molecule has 2 aromatic carbocycles. The average Bonchev–Trinajstić information content (AvgIpc) is 2.61. The van der Waals surface area contributed by atoms with Gasteiger partial charge in [-0.25, -0.2) is 9.59 Å². The number of carbonyl (C=O) groups is 2. The highest BCUT2D eigenvalue weighted by atomic mass is 19.3. The molecule has 0 atom stereocenters. The van der Waals surface area contributed by atoms with Crippen LogP contribution in [-0.2, 0) is 11.3 Å². The zero-order valence-corrected chi connectivity index (χ0v) is 14.0. The molecule has 2 amide bonds. The molecule has 0 spiro atoms. The van der Waals surface area contributed by atoms with Crippen LogP contribution >= 0.6 is 0 Å². The molecule has 0 aromatic heterocycles. The van der Waals surface area contributed by atoms with Crippen LogP contribution in [-0.4, -0.2) is 25.2 Å². The maximum absolute atomic E-state index is 12.1. The second-order valence-electron chi connectivity index (χ2n) is 5.13. The molecule has 2 aromatic rings. The van der Waals surface area contributed by atoms with Crippen molar-refractivity contribution >= 4 is 17.7 Å². The quantitative estimate of drug-likeness (QED) is 0.733. The molecule has 138 valence electrons. The summed E-state index contributed by atoms with van der Waals surface area (Å²) in [5.41, 5.74) is 1.48. The Labute approximate surface area is 149 Å². The third-order valence-corrected chi connectivity index (χ3v) is 3.23. The van der Waals surface area contributed by atoms with Crippen molar-refractivity contribution in [1.82, 2.24) is 5.32 Å². The molecule has 0 radical (unpaired) electrons. The second kappa shape index (κ2) is 9.36. The highest BCUT2D eigenvalue weighted by molar-refractivity contribution is 5.93. The molecule has 0 bridgehead atoms. The third kappa shape index (κ3) is 6.04. The molecule has 0 saturated heterocycles. The van der Waals surface area contributed by atoms with Crippen LogP contribution in [0.5, 0.6) is 5.75 Å². The van der Waals surface area contributed by atoms with E-state index in [1.54, 1.807) is 37.3 Å². The second-order valence-corrected chi connectivity index (χ2v) is 5.13. The van der Waals surface area contributed by atoms with Crippen molar-refractivity contribution in [2.24, 2.45) is 0 Å². The first kappa shape index (κ1) is 19.2. The normalized spacial score (nSPS) is 10.3. The fourth-order valence-corrected chi connectivity index (χ4v) is 2.08. The molecule has 26 heavy (non-hydrogen) atoms. The number of ether oxygens (including phenoxy) is 2. The molecule has 0 aliphatic rings. The molecule has 6 nitrogen and oxygen atoms in total. The smallest absolute Gasteiger partial charge is 0.387 e. The van der Waals surface area contributed by atoms with Crippen molar-refractivity contribution in [2.45, 2.75) is 20.1 Å². The maximum atomic E-state index is 12.1. The van der Waals surface area contributed by atoms with E-state index in [2.05, 4.69) is 15.4 Å². The van der Waals surface area contributed by atoms with E-state index in [9.17, 15) is 18.4 Å². The summed E-state index contributed by atoms with van der Waals surface area (Å²) in [5, 5.41) is 5.23. The molecule has 0 saturated carbocycles. The van der Waals surface area contributed by atoms with Gasteiger partial charge in [0.15, 0.2) is 0 Å². The van der Waals surface area contributed by atoms with Gasteiger partial charge in [-0.2, -0.15) is 8.78 Å². The van der Waals surface area contributed by atoms with Crippen LogP contribution in [0.15, 0.2) is 48.5 Å². The van der Waals surface area contributed by atoms with E-state index in [0.29, 0.717) is 16.8 Å². The van der Waals surface area contributed by atoms with Crippen LogP contribution in [0.4, 0.5) is 19.3 Å². The zero-order valence-electron chi connectivity index (χ0n) is 14.0. The van der Waals surface area contributed by atoms with Gasteiger partial charge < -0.3 is 20.1 Å². The first-order valence-electron chi connectivity index (χ1n) is 7.83. The van der Waals surface area contributed by atoms with Gasteiger partial charge in [0.05, 0.1) is 12.2 Å². The number of nitrogens with one attached hydrogen (secondary N) is 2. The standard InChI is InChI=1S/C18H18F2N2O4/c1-2-25-16(23)13-4-3-5-14(10-13)22-18(24)21-11-12-6-8-15(9-7-12)26-17(19)20/h3-10,17H,2,11H2,1H3,(H2,21,22,24). The summed E-state index contributed by atoms with van der Waals surface area (Å²) in [4.78, 5) is 23.6. The van der Waals surface area contributed by atoms with E-state index in [0.717, 1.165) is 0 Å². The summed E-state index contributed by atoms with van der Waals surface area (Å²) >= 11 is 0. The van der Waals surface area contributed by atoms with Crippen LogP contribution in [0.25, 0.3) is 0 Å². The molecule has 0 aliphatic heterocycles. The van der Waals surface area contributed by atoms with Crippen LogP contribution in [0, 0.1) is 0 Å². The van der Waals surface area contributed by atoms with Gasteiger partial charge >= 0.3 is 18.6 Å². The number of alkyl halides is 2. The number of hydrogen-bond acceptors (Lipinski definition) is 4. The predicted octanol–water partition coefficient (Wildman–Crippen LogP) is 3.79. The maximum Gasteiger partial charge on any atom is 0.387 e. The SMILES string of the molecule is CCOC(=O)c1cccc(NC(=O)NCc2ccc(OC(F)F)cc2)c1. The Bertz CT molecular complexity index is 751. The van der Waals surface area contributed by atoms with Crippen LogP contribution < -0.4 is 15.4 Å². The number of halogens is 2. The lowest BCUT2D eigenvalue weighted by Crippen LogP contribution is -2.28. The minimum atomic E-state index is -2.88. The van der Waals surface area contributed by atoms with Crippen LogP contribution in [0.2, 0.25) is 0 Å². The van der Waals surface area contributed by atoms with Crippen molar-refractivity contribution in [3.8, 4) is 5.75 Å². The number of hydrogen-bond donors (Lipinski definition) is 2. The lowest BCUT2D eigenvalue weighted by molar-refractivity contribution is -0.0498. The summed E-state index contributed by atoms with van der Waals surface area (Å²) in [5.74, 6) is -0.424. The fourth-order valence-electron chi connectivity index (χ4n) is 2.08. The van der Waals surface area contributed by atoms with Crippen molar-refractivity contribution in [3.63, 3.8) is 0 Å². The van der Waals surface area contributed by atoms with E-state index in [-0.39, 0.29) is 18.9 Å². The van der Waals surface area contributed by atoms with E-state index in [1.807, 2.05) is 0 Å². The molecular weight excluding hydrogens is 346 g/mol. The van der Waals surface area contributed by atoms with Crippen molar-refractivity contribution in [3.05, 3.63) is 59.7 Å². The Balaban J connectivity index is 1.87. The minimum Gasteiger partial charge on any atom is -0.462 e. The monoisotopic (exact) mass is 364 g/mol. The number of anilines is 1. The third-order valence-electron chi connectivity index (χ3n) is 3.23. The number of benzene rings is 2. The average molecular weight is 364 g/mol. The van der Waals surface area contributed by atoms with Crippen molar-refractivity contribution in [2.75, 3.05) is 11.9 Å². The lowest BCUT2D eigenvalue weighted by Gasteiger charge is -2.10. The van der Waals surface area contributed by atoms with Gasteiger partial charge in [0, 0.05) is 12.2 Å². The van der Waals surface area contributed by atoms with E-state index in [1.165, 1.54) is 18.2 Å². The Hall–Kier alpha value is -3.16. The predicted molar refractivity (Wildman–Crippen MR) is 91.3 cm³/mol. The first-order chi connectivity index (χ1) is 12.5. The first-order valence-corrected chi connectivity index (χ1v) is 7.83. The Morgan fingerprint density at radius 2 is 1.85 bits per heavy atom. The van der Waals surface area contributed by atoms with E-state index >= 15 is 0 Å². The van der Waals surface area contributed by atoms with E-state index in [4.69, 9.17) is 4.74 Å². The number of esters is 1. The van der Waals surface area contributed by atoms with Gasteiger partial charge in [-0.1, -0.05) is 18.2 Å². The molecule has 0 fully saturated rings. The fraction of sp³-hybridized carbons (Fsp3) is 0.222. The number of urea groups is 1. The molecule has 0 aliphatic carbocycles. The minimum absolute atomic E-state index is 0.0454. The van der Waals surface area contributed by atoms with Gasteiger partial charge in [-0.15, -0.1) is 0 Å². The highest BCUT2D eigenvalue weighted by Gasteiger charge is 2.09. The lowest BCUT2D eigenvalue weighted by atomic mass is 10.2. The van der Waals surface area contributed by atoms with Crippen LogP contribution in [0.3, 0.4) is 0 Å². The largest absolute Gasteiger partial charge is 0.462 e.